The van der Waals surface area contributed by atoms with Gasteiger partial charge in [-0.25, -0.2) is 14.2 Å². The van der Waals surface area contributed by atoms with Crippen molar-refractivity contribution in [2.24, 2.45) is 0 Å². The van der Waals surface area contributed by atoms with Gasteiger partial charge in [0.05, 0.1) is 11.2 Å². The highest BCUT2D eigenvalue weighted by atomic mass is 35.5. The molecule has 0 unspecified atom stereocenters. The number of nitrogens with zero attached hydrogens (tertiary/aromatic N) is 1. The van der Waals surface area contributed by atoms with Gasteiger partial charge in [-0.2, -0.15) is 0 Å². The fourth-order valence-corrected chi connectivity index (χ4v) is 3.31. The van der Waals surface area contributed by atoms with Crippen LogP contribution in [0.3, 0.4) is 0 Å². The zero-order valence-corrected chi connectivity index (χ0v) is 15.7. The molecule has 0 aliphatic carbocycles. The van der Waals surface area contributed by atoms with E-state index in [0.717, 1.165) is 0 Å². The fourth-order valence-electron chi connectivity index (χ4n) is 3.14. The first-order valence-corrected chi connectivity index (χ1v) is 8.96. The molecule has 0 radical (unpaired) electrons. The molecule has 0 aliphatic rings. The second kappa shape index (κ2) is 7.41. The summed E-state index contributed by atoms with van der Waals surface area (Å²) >= 11 is 6.02. The number of ether oxygens (including phenoxy) is 1. The highest BCUT2D eigenvalue weighted by Gasteiger charge is 2.18. The number of nitrogens with two attached hydrogens (primary N) is 1. The summed E-state index contributed by atoms with van der Waals surface area (Å²) in [4.78, 5) is 15.7. The van der Waals surface area contributed by atoms with E-state index in [4.69, 9.17) is 27.2 Å². The summed E-state index contributed by atoms with van der Waals surface area (Å²) in [5.74, 6) is -0.351. The Balaban J connectivity index is 1.85. The van der Waals surface area contributed by atoms with E-state index >= 15 is 0 Å². The van der Waals surface area contributed by atoms with E-state index in [1.54, 1.807) is 60.7 Å². The minimum Gasteiger partial charge on any atom is -0.449 e. The maximum Gasteiger partial charge on any atom is 0.511 e. The molecule has 0 saturated heterocycles. The Morgan fingerprint density at radius 2 is 1.72 bits per heavy atom. The number of carboxylic acid groups (broad SMARTS) is 1. The van der Waals surface area contributed by atoms with E-state index in [-0.39, 0.29) is 17.3 Å². The third-order valence-corrected chi connectivity index (χ3v) is 4.70. The van der Waals surface area contributed by atoms with Crippen molar-refractivity contribution in [2.75, 3.05) is 5.73 Å². The first kappa shape index (κ1) is 18.7. The SMILES string of the molecule is Nc1c(-c2ccc(-c3ccccc3F)cc2)nc2ccc(Cl)cc2c1OC(=O)O. The Morgan fingerprint density at radius 3 is 2.41 bits per heavy atom. The molecule has 0 amide bonds. The van der Waals surface area contributed by atoms with Gasteiger partial charge in [0, 0.05) is 21.5 Å². The molecule has 1 heterocycles. The van der Waals surface area contributed by atoms with E-state index in [1.807, 2.05) is 0 Å². The minimum atomic E-state index is -1.50. The lowest BCUT2D eigenvalue weighted by molar-refractivity contribution is 0.145. The first-order valence-electron chi connectivity index (χ1n) is 8.59. The fraction of sp³-hybridized carbons (Fsp3) is 0. The molecule has 1 aromatic heterocycles. The first-order chi connectivity index (χ1) is 13.9. The monoisotopic (exact) mass is 408 g/mol. The van der Waals surface area contributed by atoms with Gasteiger partial charge in [-0.15, -0.1) is 0 Å². The van der Waals surface area contributed by atoms with Gasteiger partial charge in [-0.05, 0) is 29.8 Å². The largest absolute Gasteiger partial charge is 0.511 e. The van der Waals surface area contributed by atoms with Crippen molar-refractivity contribution in [1.82, 2.24) is 4.98 Å². The molecule has 0 spiro atoms. The number of rotatable bonds is 3. The van der Waals surface area contributed by atoms with Gasteiger partial charge in [0.25, 0.3) is 0 Å². The molecule has 0 saturated carbocycles. The molecule has 0 aliphatic heterocycles. The number of anilines is 1. The van der Waals surface area contributed by atoms with Crippen molar-refractivity contribution in [3.05, 3.63) is 77.6 Å². The van der Waals surface area contributed by atoms with Crippen LogP contribution in [0.4, 0.5) is 14.9 Å². The number of benzene rings is 3. The molecule has 0 atom stereocenters. The molecular weight excluding hydrogens is 395 g/mol. The second-order valence-corrected chi connectivity index (χ2v) is 6.73. The molecule has 29 heavy (non-hydrogen) atoms. The zero-order chi connectivity index (χ0) is 20.5. The van der Waals surface area contributed by atoms with Crippen molar-refractivity contribution in [1.29, 1.82) is 0 Å². The molecule has 3 aromatic carbocycles. The predicted octanol–water partition coefficient (Wildman–Crippen LogP) is 6.00. The highest BCUT2D eigenvalue weighted by molar-refractivity contribution is 6.31. The van der Waals surface area contributed by atoms with Crippen molar-refractivity contribution < 1.29 is 19.0 Å². The maximum absolute atomic E-state index is 14.0. The molecule has 144 valence electrons. The van der Waals surface area contributed by atoms with E-state index in [0.29, 0.717) is 38.3 Å². The number of hydrogen-bond donors (Lipinski definition) is 2. The van der Waals surface area contributed by atoms with Gasteiger partial charge in [-0.3, -0.25) is 0 Å². The second-order valence-electron chi connectivity index (χ2n) is 6.29. The molecule has 0 bridgehead atoms. The zero-order valence-electron chi connectivity index (χ0n) is 14.9. The number of halogens is 2. The summed E-state index contributed by atoms with van der Waals surface area (Å²) in [7, 11) is 0. The summed E-state index contributed by atoms with van der Waals surface area (Å²) in [5, 5.41) is 9.90. The average molecular weight is 409 g/mol. The van der Waals surface area contributed by atoms with Crippen LogP contribution in [0, 0.1) is 5.82 Å². The quantitative estimate of drug-likeness (QED) is 0.406. The summed E-state index contributed by atoms with van der Waals surface area (Å²) in [6.07, 6.45) is -1.50. The van der Waals surface area contributed by atoms with Crippen LogP contribution in [0.1, 0.15) is 0 Å². The summed E-state index contributed by atoms with van der Waals surface area (Å²) < 4.78 is 19.0. The highest BCUT2D eigenvalue weighted by Crippen LogP contribution is 2.39. The predicted molar refractivity (Wildman–Crippen MR) is 111 cm³/mol. The standard InChI is InChI=1S/C22H14ClFN2O3/c23-14-9-10-18-16(11-14)21(29-22(27)28)19(25)20(26-18)13-7-5-12(6-8-13)15-3-1-2-4-17(15)24/h1-11H,25H2,(H,27,28). The summed E-state index contributed by atoms with van der Waals surface area (Å²) in [6.45, 7) is 0. The summed E-state index contributed by atoms with van der Waals surface area (Å²) in [6, 6.07) is 18.3. The number of fused-ring (bicyclic) bond motifs is 1. The lowest BCUT2D eigenvalue weighted by Gasteiger charge is -2.13. The molecule has 0 fully saturated rings. The lowest BCUT2D eigenvalue weighted by Crippen LogP contribution is -2.07. The Hall–Kier alpha value is -3.64. The van der Waals surface area contributed by atoms with Crippen molar-refractivity contribution in [3.8, 4) is 28.1 Å². The van der Waals surface area contributed by atoms with Crippen LogP contribution >= 0.6 is 11.6 Å². The van der Waals surface area contributed by atoms with Crippen molar-refractivity contribution in [3.63, 3.8) is 0 Å². The van der Waals surface area contributed by atoms with Crippen LogP contribution in [0.15, 0.2) is 66.7 Å². The van der Waals surface area contributed by atoms with Crippen LogP contribution in [0.5, 0.6) is 5.75 Å². The number of pyridine rings is 1. The number of nitrogen functional groups attached to an aromatic ring is 1. The smallest absolute Gasteiger partial charge is 0.449 e. The van der Waals surface area contributed by atoms with E-state index in [2.05, 4.69) is 4.98 Å². The third kappa shape index (κ3) is 3.58. The maximum atomic E-state index is 14.0. The Bertz CT molecular complexity index is 1240. The van der Waals surface area contributed by atoms with Gasteiger partial charge in [0.2, 0.25) is 0 Å². The van der Waals surface area contributed by atoms with E-state index in [9.17, 15) is 9.18 Å². The van der Waals surface area contributed by atoms with Crippen LogP contribution < -0.4 is 10.5 Å². The Kier molecular flexibility index (Phi) is 4.78. The van der Waals surface area contributed by atoms with Gasteiger partial charge in [0.15, 0.2) is 5.75 Å². The number of hydrogen-bond acceptors (Lipinski definition) is 4. The van der Waals surface area contributed by atoms with Crippen molar-refractivity contribution >= 4 is 34.3 Å². The van der Waals surface area contributed by atoms with Gasteiger partial charge in [-0.1, -0.05) is 54.1 Å². The number of aromatic nitrogens is 1. The Labute approximate surface area is 170 Å². The topological polar surface area (TPSA) is 85.4 Å². The molecule has 7 heteroatoms. The Morgan fingerprint density at radius 1 is 1.03 bits per heavy atom. The van der Waals surface area contributed by atoms with Crippen molar-refractivity contribution in [2.45, 2.75) is 0 Å². The van der Waals surface area contributed by atoms with Gasteiger partial charge < -0.3 is 15.6 Å². The number of carbonyl (C=O) groups is 1. The van der Waals surface area contributed by atoms with Crippen LogP contribution in [0.25, 0.3) is 33.3 Å². The lowest BCUT2D eigenvalue weighted by atomic mass is 10.0. The van der Waals surface area contributed by atoms with E-state index < -0.39 is 6.16 Å². The molecule has 3 N–H and O–H groups in total. The molecule has 4 aromatic rings. The third-order valence-electron chi connectivity index (χ3n) is 4.47. The summed E-state index contributed by atoms with van der Waals surface area (Å²) in [5.41, 5.74) is 8.91. The van der Waals surface area contributed by atoms with Crippen LogP contribution in [-0.2, 0) is 0 Å². The molecular formula is C22H14ClFN2O3. The normalized spacial score (nSPS) is 10.8. The molecule has 5 nitrogen and oxygen atoms in total. The van der Waals surface area contributed by atoms with Gasteiger partial charge >= 0.3 is 6.16 Å². The average Bonchev–Trinajstić information content (AvgIpc) is 2.70. The van der Waals surface area contributed by atoms with Gasteiger partial charge in [0.1, 0.15) is 11.5 Å². The van der Waals surface area contributed by atoms with E-state index in [1.165, 1.54) is 6.07 Å². The minimum absolute atomic E-state index is 0.0295. The van der Waals surface area contributed by atoms with Crippen LogP contribution in [0.2, 0.25) is 5.02 Å². The van der Waals surface area contributed by atoms with Crippen LogP contribution in [-0.4, -0.2) is 16.2 Å². The molecule has 4 rings (SSSR count).